The van der Waals surface area contributed by atoms with Crippen molar-refractivity contribution in [3.63, 3.8) is 0 Å². The SMILES string of the molecule is CCC(N=O)c1cccc(C)c1-c1c(C)cccc1C(CC)N=O. The zero-order valence-corrected chi connectivity index (χ0v) is 14.7. The maximum atomic E-state index is 11.3. The summed E-state index contributed by atoms with van der Waals surface area (Å²) in [5, 5.41) is 6.63. The van der Waals surface area contributed by atoms with E-state index in [-0.39, 0.29) is 0 Å². The van der Waals surface area contributed by atoms with Gasteiger partial charge >= 0.3 is 0 Å². The highest BCUT2D eigenvalue weighted by molar-refractivity contribution is 5.77. The zero-order chi connectivity index (χ0) is 17.7. The van der Waals surface area contributed by atoms with Gasteiger partial charge in [0.25, 0.3) is 0 Å². The Morgan fingerprint density at radius 1 is 0.750 bits per heavy atom. The number of rotatable bonds is 7. The summed E-state index contributed by atoms with van der Waals surface area (Å²) in [5.41, 5.74) is 6.02. The quantitative estimate of drug-likeness (QED) is 0.553. The molecule has 4 nitrogen and oxygen atoms in total. The Morgan fingerprint density at radius 3 is 1.42 bits per heavy atom. The monoisotopic (exact) mass is 324 g/mol. The third-order valence-corrected chi connectivity index (χ3v) is 4.61. The topological polar surface area (TPSA) is 58.9 Å². The second-order valence-electron chi connectivity index (χ2n) is 6.14. The van der Waals surface area contributed by atoms with Gasteiger partial charge in [0.2, 0.25) is 0 Å². The first kappa shape index (κ1) is 18.0. The van der Waals surface area contributed by atoms with Crippen LogP contribution in [0.4, 0.5) is 0 Å². The fourth-order valence-corrected chi connectivity index (χ4v) is 3.32. The summed E-state index contributed by atoms with van der Waals surface area (Å²) in [6.07, 6.45) is 1.29. The van der Waals surface area contributed by atoms with E-state index >= 15 is 0 Å². The maximum Gasteiger partial charge on any atom is 0.117 e. The molecular formula is C20H24N2O2. The molecule has 4 heteroatoms. The van der Waals surface area contributed by atoms with Gasteiger partial charge in [-0.1, -0.05) is 60.6 Å². The van der Waals surface area contributed by atoms with Crippen LogP contribution in [0.1, 0.15) is 61.0 Å². The molecule has 0 fully saturated rings. The summed E-state index contributed by atoms with van der Waals surface area (Å²) in [4.78, 5) is 22.7. The lowest BCUT2D eigenvalue weighted by Crippen LogP contribution is -2.04. The summed E-state index contributed by atoms with van der Waals surface area (Å²) >= 11 is 0. The maximum absolute atomic E-state index is 11.3. The third-order valence-electron chi connectivity index (χ3n) is 4.61. The molecule has 0 radical (unpaired) electrons. The molecule has 2 aromatic carbocycles. The molecule has 2 rings (SSSR count). The van der Waals surface area contributed by atoms with Gasteiger partial charge in [0.05, 0.1) is 0 Å². The highest BCUT2D eigenvalue weighted by Crippen LogP contribution is 2.41. The van der Waals surface area contributed by atoms with E-state index in [1.165, 1.54) is 0 Å². The smallest absolute Gasteiger partial charge is 0.117 e. The normalized spacial score (nSPS) is 13.3. The summed E-state index contributed by atoms with van der Waals surface area (Å²) in [6, 6.07) is 11.1. The Hall–Kier alpha value is -2.36. The average Bonchev–Trinajstić information content (AvgIpc) is 2.58. The first-order valence-corrected chi connectivity index (χ1v) is 8.43. The van der Waals surface area contributed by atoms with Gasteiger partial charge in [-0.25, -0.2) is 0 Å². The number of nitroso groups, excluding NO2 is 2. The van der Waals surface area contributed by atoms with E-state index in [2.05, 4.69) is 10.4 Å². The molecule has 0 saturated heterocycles. The molecule has 2 aromatic rings. The van der Waals surface area contributed by atoms with Crippen LogP contribution in [-0.4, -0.2) is 0 Å². The molecule has 2 atom stereocenters. The fourth-order valence-electron chi connectivity index (χ4n) is 3.32. The predicted octanol–water partition coefficient (Wildman–Crippen LogP) is 6.41. The van der Waals surface area contributed by atoms with E-state index in [4.69, 9.17) is 0 Å². The van der Waals surface area contributed by atoms with Crippen LogP contribution in [0.5, 0.6) is 0 Å². The number of benzene rings is 2. The second-order valence-corrected chi connectivity index (χ2v) is 6.14. The van der Waals surface area contributed by atoms with Crippen molar-refractivity contribution in [2.24, 2.45) is 10.4 Å². The largest absolute Gasteiger partial charge is 0.150 e. The molecule has 0 aliphatic rings. The summed E-state index contributed by atoms with van der Waals surface area (Å²) in [6.45, 7) is 7.97. The zero-order valence-electron chi connectivity index (χ0n) is 14.7. The Balaban J connectivity index is 2.82. The van der Waals surface area contributed by atoms with Crippen LogP contribution in [0.2, 0.25) is 0 Å². The summed E-state index contributed by atoms with van der Waals surface area (Å²) in [5.74, 6) is 0. The molecule has 0 amide bonds. The van der Waals surface area contributed by atoms with Crippen molar-refractivity contribution in [2.75, 3.05) is 0 Å². The van der Waals surface area contributed by atoms with E-state index in [1.54, 1.807) is 0 Å². The van der Waals surface area contributed by atoms with E-state index in [1.807, 2.05) is 64.1 Å². The van der Waals surface area contributed by atoms with Crippen LogP contribution >= 0.6 is 0 Å². The van der Waals surface area contributed by atoms with Crippen molar-refractivity contribution in [1.29, 1.82) is 0 Å². The Morgan fingerprint density at radius 2 is 1.12 bits per heavy atom. The van der Waals surface area contributed by atoms with E-state index in [9.17, 15) is 9.81 Å². The van der Waals surface area contributed by atoms with Gasteiger partial charge in [-0.3, -0.25) is 0 Å². The minimum Gasteiger partial charge on any atom is -0.150 e. The van der Waals surface area contributed by atoms with Crippen LogP contribution in [0, 0.1) is 23.7 Å². The molecule has 0 aromatic heterocycles. The van der Waals surface area contributed by atoms with Crippen molar-refractivity contribution in [1.82, 2.24) is 0 Å². The minimum absolute atomic E-state index is 0.392. The molecule has 0 bridgehead atoms. The molecule has 0 aliphatic carbocycles. The van der Waals surface area contributed by atoms with Crippen LogP contribution in [0.3, 0.4) is 0 Å². The van der Waals surface area contributed by atoms with Gasteiger partial charge in [-0.05, 0) is 60.1 Å². The number of hydrogen-bond donors (Lipinski definition) is 0. The predicted molar refractivity (Wildman–Crippen MR) is 99.0 cm³/mol. The summed E-state index contributed by atoms with van der Waals surface area (Å²) < 4.78 is 0. The first-order chi connectivity index (χ1) is 11.6. The molecule has 2 unspecified atom stereocenters. The van der Waals surface area contributed by atoms with Crippen molar-refractivity contribution in [2.45, 2.75) is 52.6 Å². The molecule has 0 saturated carbocycles. The van der Waals surface area contributed by atoms with Gasteiger partial charge in [0.1, 0.15) is 12.1 Å². The third kappa shape index (κ3) is 3.28. The Labute approximate surface area is 143 Å². The van der Waals surface area contributed by atoms with Gasteiger partial charge in [-0.2, -0.15) is 9.81 Å². The number of aryl methyl sites for hydroxylation is 2. The van der Waals surface area contributed by atoms with Gasteiger partial charge in [-0.15, -0.1) is 0 Å². The lowest BCUT2D eigenvalue weighted by molar-refractivity contribution is 0.689. The highest BCUT2D eigenvalue weighted by Gasteiger charge is 2.23. The van der Waals surface area contributed by atoms with Crippen LogP contribution < -0.4 is 0 Å². The Kier molecular flexibility index (Phi) is 5.96. The fraction of sp³-hybridized carbons (Fsp3) is 0.400. The lowest BCUT2D eigenvalue weighted by Gasteiger charge is -2.22. The minimum atomic E-state index is -0.392. The van der Waals surface area contributed by atoms with E-state index in [0.717, 1.165) is 33.4 Å². The first-order valence-electron chi connectivity index (χ1n) is 8.43. The molecule has 0 heterocycles. The van der Waals surface area contributed by atoms with Crippen molar-refractivity contribution in [3.05, 3.63) is 68.5 Å². The van der Waals surface area contributed by atoms with Crippen molar-refractivity contribution >= 4 is 0 Å². The Bertz CT molecular complexity index is 677. The average molecular weight is 324 g/mol. The van der Waals surface area contributed by atoms with Crippen molar-refractivity contribution < 1.29 is 0 Å². The molecular weight excluding hydrogens is 300 g/mol. The molecule has 0 spiro atoms. The van der Waals surface area contributed by atoms with E-state index in [0.29, 0.717) is 12.8 Å². The summed E-state index contributed by atoms with van der Waals surface area (Å²) in [7, 11) is 0. The molecule has 126 valence electrons. The standard InChI is InChI=1S/C20H24N2O2/c1-5-17(21-23)15-11-7-9-13(3)19(15)20-14(4)10-8-12-16(20)18(6-2)22-24/h7-12,17-18H,5-6H2,1-4H3. The van der Waals surface area contributed by atoms with Crippen LogP contribution in [0.15, 0.2) is 46.8 Å². The molecule has 0 N–H and O–H groups in total. The molecule has 0 aliphatic heterocycles. The van der Waals surface area contributed by atoms with Crippen molar-refractivity contribution in [3.8, 4) is 11.1 Å². The number of nitrogens with zero attached hydrogens (tertiary/aromatic N) is 2. The van der Waals surface area contributed by atoms with Crippen LogP contribution in [-0.2, 0) is 0 Å². The van der Waals surface area contributed by atoms with Crippen LogP contribution in [0.25, 0.3) is 11.1 Å². The van der Waals surface area contributed by atoms with Gasteiger partial charge < -0.3 is 0 Å². The second kappa shape index (κ2) is 7.95. The molecule has 24 heavy (non-hydrogen) atoms. The lowest BCUT2D eigenvalue weighted by atomic mass is 9.84. The number of hydrogen-bond acceptors (Lipinski definition) is 4. The van der Waals surface area contributed by atoms with E-state index < -0.39 is 12.1 Å². The van der Waals surface area contributed by atoms with Gasteiger partial charge in [0, 0.05) is 0 Å². The highest BCUT2D eigenvalue weighted by atomic mass is 16.3. The van der Waals surface area contributed by atoms with Gasteiger partial charge in [0.15, 0.2) is 0 Å².